The number of piperidine rings is 1. The number of hydrogen-bond acceptors (Lipinski definition) is 7. The summed E-state index contributed by atoms with van der Waals surface area (Å²) in [5.41, 5.74) is -0.715. The molecule has 178 valence electrons. The molecule has 8 nitrogen and oxygen atoms in total. The van der Waals surface area contributed by atoms with E-state index in [9.17, 15) is 22.7 Å². The fourth-order valence-corrected chi connectivity index (χ4v) is 3.83. The van der Waals surface area contributed by atoms with Gasteiger partial charge in [0.1, 0.15) is 35.2 Å². The van der Waals surface area contributed by atoms with E-state index in [4.69, 9.17) is 0 Å². The maximum absolute atomic E-state index is 14.2. The lowest BCUT2D eigenvalue weighted by molar-refractivity contribution is -0.162. The van der Waals surface area contributed by atoms with Crippen molar-refractivity contribution in [1.29, 1.82) is 0 Å². The molecule has 4 heterocycles. The standard InChI is InChI=1S/C21H25F4N7O/c1-4-18-28-13-10-27-17(9-14(13)32(18)12(2)21(23,24)25)29-16-5-7-26-19(30-16)31-8-6-20(3,33)15(22)11-31/h5,7,9-10,12,15,33H,4,6,8,11H2,1-3H3,(H,26,27,29,30)/t12-,15+,20-/m0/s1. The molecule has 0 aliphatic carbocycles. The van der Waals surface area contributed by atoms with E-state index in [-0.39, 0.29) is 24.7 Å². The Kier molecular flexibility index (Phi) is 5.89. The smallest absolute Gasteiger partial charge is 0.387 e. The number of aryl methyl sites for hydroxylation is 1. The minimum Gasteiger partial charge on any atom is -0.387 e. The molecule has 12 heteroatoms. The van der Waals surface area contributed by atoms with E-state index < -0.39 is 24.0 Å². The molecule has 3 aromatic rings. The van der Waals surface area contributed by atoms with E-state index in [1.807, 2.05) is 0 Å². The van der Waals surface area contributed by atoms with Crippen LogP contribution in [0, 0.1) is 0 Å². The van der Waals surface area contributed by atoms with Gasteiger partial charge in [-0.15, -0.1) is 0 Å². The van der Waals surface area contributed by atoms with Gasteiger partial charge in [-0.2, -0.15) is 18.2 Å². The second-order valence-electron chi connectivity index (χ2n) is 8.42. The highest BCUT2D eigenvalue weighted by molar-refractivity contribution is 5.79. The van der Waals surface area contributed by atoms with Gasteiger partial charge in [-0.25, -0.2) is 19.3 Å². The lowest BCUT2D eigenvalue weighted by Gasteiger charge is -2.38. The molecule has 0 amide bonds. The minimum atomic E-state index is -4.43. The van der Waals surface area contributed by atoms with Crippen LogP contribution in [-0.2, 0) is 6.42 Å². The molecule has 0 bridgehead atoms. The highest BCUT2D eigenvalue weighted by Gasteiger charge is 2.40. The van der Waals surface area contributed by atoms with Crippen LogP contribution in [0.2, 0.25) is 0 Å². The van der Waals surface area contributed by atoms with Gasteiger partial charge in [0.15, 0.2) is 0 Å². The Morgan fingerprint density at radius 3 is 2.70 bits per heavy atom. The molecule has 2 N–H and O–H groups in total. The molecule has 0 radical (unpaired) electrons. The SMILES string of the molecule is CCc1nc2cnc(Nc3ccnc(N4CC[C@](C)(O)[C@H](F)C4)n3)cc2n1[C@@H](C)C(F)(F)F. The van der Waals surface area contributed by atoms with Crippen molar-refractivity contribution in [3.8, 4) is 0 Å². The largest absolute Gasteiger partial charge is 0.408 e. The van der Waals surface area contributed by atoms with E-state index in [2.05, 4.69) is 25.3 Å². The van der Waals surface area contributed by atoms with Gasteiger partial charge in [-0.1, -0.05) is 6.92 Å². The highest BCUT2D eigenvalue weighted by atomic mass is 19.4. The predicted molar refractivity (Wildman–Crippen MR) is 115 cm³/mol. The number of aliphatic hydroxyl groups is 1. The second kappa shape index (κ2) is 8.40. The molecule has 3 aromatic heterocycles. The maximum Gasteiger partial charge on any atom is 0.408 e. The van der Waals surface area contributed by atoms with Crippen LogP contribution in [0.1, 0.15) is 39.1 Å². The van der Waals surface area contributed by atoms with Crippen LogP contribution < -0.4 is 10.2 Å². The summed E-state index contributed by atoms with van der Waals surface area (Å²) in [6.07, 6.45) is -2.39. The first-order valence-electron chi connectivity index (χ1n) is 10.6. The van der Waals surface area contributed by atoms with Gasteiger partial charge in [0.25, 0.3) is 0 Å². The summed E-state index contributed by atoms with van der Waals surface area (Å²) in [5.74, 6) is 1.24. The topological polar surface area (TPSA) is 92.0 Å². The van der Waals surface area contributed by atoms with Crippen molar-refractivity contribution in [2.75, 3.05) is 23.3 Å². The maximum atomic E-state index is 14.2. The van der Waals surface area contributed by atoms with E-state index in [1.54, 1.807) is 17.9 Å². The van der Waals surface area contributed by atoms with Crippen LogP contribution in [0.3, 0.4) is 0 Å². The fourth-order valence-electron chi connectivity index (χ4n) is 3.83. The fraction of sp³-hybridized carbons (Fsp3) is 0.524. The van der Waals surface area contributed by atoms with Gasteiger partial charge >= 0.3 is 6.18 Å². The quantitative estimate of drug-likeness (QED) is 0.549. The number of pyridine rings is 1. The molecule has 4 rings (SSSR count). The molecule has 0 spiro atoms. The Bertz CT molecular complexity index is 1150. The molecule has 1 aliphatic heterocycles. The van der Waals surface area contributed by atoms with Gasteiger partial charge in [-0.3, -0.25) is 0 Å². The third-order valence-electron chi connectivity index (χ3n) is 5.95. The number of hydrogen-bond donors (Lipinski definition) is 2. The summed E-state index contributed by atoms with van der Waals surface area (Å²) in [6.45, 7) is 4.64. The van der Waals surface area contributed by atoms with Crippen molar-refractivity contribution in [1.82, 2.24) is 24.5 Å². The Hall–Kier alpha value is -3.02. The number of aromatic nitrogens is 5. The Morgan fingerprint density at radius 2 is 2.03 bits per heavy atom. The van der Waals surface area contributed by atoms with Crippen molar-refractivity contribution in [2.24, 2.45) is 0 Å². The van der Waals surface area contributed by atoms with Gasteiger partial charge in [0.2, 0.25) is 5.95 Å². The number of alkyl halides is 4. The van der Waals surface area contributed by atoms with Gasteiger partial charge in [0.05, 0.1) is 23.9 Å². The van der Waals surface area contributed by atoms with Crippen LogP contribution in [0.5, 0.6) is 0 Å². The number of halogens is 4. The normalized spacial score (nSPS) is 22.5. The molecular weight excluding hydrogens is 442 g/mol. The molecule has 1 fully saturated rings. The lowest BCUT2D eigenvalue weighted by atomic mass is 9.92. The van der Waals surface area contributed by atoms with Crippen molar-refractivity contribution < 1.29 is 22.7 Å². The minimum absolute atomic E-state index is 0.0467. The molecule has 33 heavy (non-hydrogen) atoms. The third kappa shape index (κ3) is 4.56. The third-order valence-corrected chi connectivity index (χ3v) is 5.95. The Morgan fingerprint density at radius 1 is 1.27 bits per heavy atom. The van der Waals surface area contributed by atoms with Crippen LogP contribution in [-0.4, -0.2) is 60.6 Å². The number of imidazole rings is 1. The van der Waals surface area contributed by atoms with Crippen molar-refractivity contribution in [3.63, 3.8) is 0 Å². The number of nitrogens with zero attached hydrogens (tertiary/aromatic N) is 6. The zero-order chi connectivity index (χ0) is 24.0. The average molecular weight is 467 g/mol. The van der Waals surface area contributed by atoms with Crippen molar-refractivity contribution >= 4 is 28.6 Å². The Balaban J connectivity index is 1.62. The predicted octanol–water partition coefficient (Wildman–Crippen LogP) is 3.95. The van der Waals surface area contributed by atoms with Gasteiger partial charge in [0, 0.05) is 25.2 Å². The van der Waals surface area contributed by atoms with E-state index in [0.717, 1.165) is 6.92 Å². The zero-order valence-corrected chi connectivity index (χ0v) is 18.4. The van der Waals surface area contributed by atoms with Crippen LogP contribution in [0.15, 0.2) is 24.5 Å². The lowest BCUT2D eigenvalue weighted by Crippen LogP contribution is -2.52. The summed E-state index contributed by atoms with van der Waals surface area (Å²) in [5, 5.41) is 13.0. The molecular formula is C21H25F4N7O. The van der Waals surface area contributed by atoms with E-state index in [0.29, 0.717) is 35.6 Å². The van der Waals surface area contributed by atoms with Gasteiger partial charge < -0.3 is 19.9 Å². The number of anilines is 3. The van der Waals surface area contributed by atoms with E-state index in [1.165, 1.54) is 30.0 Å². The van der Waals surface area contributed by atoms with Crippen LogP contribution in [0.4, 0.5) is 35.1 Å². The van der Waals surface area contributed by atoms with Crippen LogP contribution >= 0.6 is 0 Å². The summed E-state index contributed by atoms with van der Waals surface area (Å²) in [7, 11) is 0. The first-order chi connectivity index (χ1) is 15.5. The molecule has 0 saturated carbocycles. The molecule has 0 unspecified atom stereocenters. The summed E-state index contributed by atoms with van der Waals surface area (Å²) in [4.78, 5) is 18.7. The molecule has 0 aromatic carbocycles. The van der Waals surface area contributed by atoms with E-state index >= 15 is 0 Å². The second-order valence-corrected chi connectivity index (χ2v) is 8.42. The van der Waals surface area contributed by atoms with Crippen molar-refractivity contribution in [2.45, 2.75) is 57.6 Å². The zero-order valence-electron chi connectivity index (χ0n) is 18.4. The van der Waals surface area contributed by atoms with Gasteiger partial charge in [-0.05, 0) is 26.3 Å². The van der Waals surface area contributed by atoms with Crippen LogP contribution in [0.25, 0.3) is 11.0 Å². The first-order valence-corrected chi connectivity index (χ1v) is 10.6. The highest BCUT2D eigenvalue weighted by Crippen LogP contribution is 2.34. The summed E-state index contributed by atoms with van der Waals surface area (Å²) >= 11 is 0. The molecule has 1 aliphatic rings. The summed E-state index contributed by atoms with van der Waals surface area (Å²) in [6, 6.07) is 1.33. The molecule has 3 atom stereocenters. The average Bonchev–Trinajstić information content (AvgIpc) is 3.12. The number of fused-ring (bicyclic) bond motifs is 1. The summed E-state index contributed by atoms with van der Waals surface area (Å²) < 4.78 is 55.8. The Labute approximate surface area is 187 Å². The molecule has 1 saturated heterocycles. The monoisotopic (exact) mass is 467 g/mol. The van der Waals surface area contributed by atoms with Crippen molar-refractivity contribution in [3.05, 3.63) is 30.4 Å². The number of rotatable bonds is 5. The number of nitrogens with one attached hydrogen (secondary N) is 1. The first kappa shape index (κ1) is 23.1.